The number of benzene rings is 3. The van der Waals surface area contributed by atoms with Crippen LogP contribution in [0.3, 0.4) is 0 Å². The molecule has 9 heteroatoms. The lowest BCUT2D eigenvalue weighted by Gasteiger charge is -2.13. The smallest absolute Gasteiger partial charge is 0.294 e. The summed E-state index contributed by atoms with van der Waals surface area (Å²) in [5.74, 6) is -0.505. The molecule has 1 N–H and O–H groups in total. The minimum atomic E-state index is -0.547. The molecule has 0 atom stereocenters. The summed E-state index contributed by atoms with van der Waals surface area (Å²) in [6.07, 6.45) is 1.56. The third-order valence-electron chi connectivity index (χ3n) is 5.28. The van der Waals surface area contributed by atoms with E-state index in [1.807, 2.05) is 19.1 Å². The Morgan fingerprint density at radius 2 is 1.83 bits per heavy atom. The quantitative estimate of drug-likeness (QED) is 0.412. The van der Waals surface area contributed by atoms with Crippen LogP contribution in [0.5, 0.6) is 11.5 Å². The third kappa shape index (κ3) is 6.11. The zero-order valence-electron chi connectivity index (χ0n) is 19.6. The lowest BCUT2D eigenvalue weighted by atomic mass is 10.1. The van der Waals surface area contributed by atoms with Gasteiger partial charge in [-0.15, -0.1) is 0 Å². The molecule has 1 saturated heterocycles. The summed E-state index contributed by atoms with van der Waals surface area (Å²) in [6, 6.07) is 18.3. The molecule has 3 aromatic rings. The van der Waals surface area contributed by atoms with Crippen LogP contribution < -0.4 is 14.8 Å². The Morgan fingerprint density at radius 1 is 1.06 bits per heavy atom. The maximum atomic E-state index is 13.4. The molecule has 0 spiro atoms. The highest BCUT2D eigenvalue weighted by Crippen LogP contribution is 2.34. The highest BCUT2D eigenvalue weighted by molar-refractivity contribution is 8.18. The average Bonchev–Trinajstić information content (AvgIpc) is 3.11. The first-order chi connectivity index (χ1) is 17.3. The number of thioether (sulfide) groups is 1. The van der Waals surface area contributed by atoms with Crippen LogP contribution in [-0.2, 0) is 16.2 Å². The minimum absolute atomic E-state index is 0.150. The van der Waals surface area contributed by atoms with Gasteiger partial charge >= 0.3 is 0 Å². The number of anilines is 1. The number of hydrogen-bond donors (Lipinski definition) is 1. The zero-order chi connectivity index (χ0) is 25.7. The SMILES string of the molecule is COc1cc(/C=C2/SC(=O)N(CC(=O)Nc3ccc(C)cc3)C2=O)ccc1OCc1cccc(F)c1. The summed E-state index contributed by atoms with van der Waals surface area (Å²) < 4.78 is 24.5. The Morgan fingerprint density at radius 3 is 2.56 bits per heavy atom. The van der Waals surface area contributed by atoms with Crippen LogP contribution in [0.1, 0.15) is 16.7 Å². The molecule has 36 heavy (non-hydrogen) atoms. The number of aryl methyl sites for hydroxylation is 1. The third-order valence-corrected chi connectivity index (χ3v) is 6.19. The summed E-state index contributed by atoms with van der Waals surface area (Å²) in [4.78, 5) is 38.7. The first kappa shape index (κ1) is 25.0. The molecule has 1 aliphatic heterocycles. The largest absolute Gasteiger partial charge is 0.493 e. The molecule has 4 rings (SSSR count). The van der Waals surface area contributed by atoms with Gasteiger partial charge in [-0.2, -0.15) is 0 Å². The van der Waals surface area contributed by atoms with E-state index in [0.29, 0.717) is 28.3 Å². The molecule has 0 aromatic heterocycles. The van der Waals surface area contributed by atoms with Gasteiger partial charge in [-0.3, -0.25) is 19.3 Å². The molecule has 1 fully saturated rings. The van der Waals surface area contributed by atoms with Gasteiger partial charge in [0.2, 0.25) is 5.91 Å². The molecular formula is C27H23FN2O5S. The highest BCUT2D eigenvalue weighted by atomic mass is 32.2. The number of amides is 3. The molecule has 0 aliphatic carbocycles. The van der Waals surface area contributed by atoms with Gasteiger partial charge in [-0.1, -0.05) is 35.9 Å². The molecule has 1 heterocycles. The lowest BCUT2D eigenvalue weighted by molar-refractivity contribution is -0.127. The van der Waals surface area contributed by atoms with E-state index in [1.165, 1.54) is 19.2 Å². The van der Waals surface area contributed by atoms with Crippen LogP contribution in [0, 0.1) is 12.7 Å². The Bertz CT molecular complexity index is 1340. The van der Waals surface area contributed by atoms with Gasteiger partial charge in [0.15, 0.2) is 11.5 Å². The van der Waals surface area contributed by atoms with Crippen molar-refractivity contribution in [2.45, 2.75) is 13.5 Å². The Balaban J connectivity index is 1.42. The van der Waals surface area contributed by atoms with Crippen LogP contribution in [0.25, 0.3) is 6.08 Å². The number of ether oxygens (including phenoxy) is 2. The molecule has 1 aliphatic rings. The van der Waals surface area contributed by atoms with Crippen LogP contribution >= 0.6 is 11.8 Å². The second-order valence-electron chi connectivity index (χ2n) is 8.01. The maximum Gasteiger partial charge on any atom is 0.294 e. The number of halogens is 1. The van der Waals surface area contributed by atoms with Gasteiger partial charge in [0.05, 0.1) is 12.0 Å². The molecule has 3 aromatic carbocycles. The zero-order valence-corrected chi connectivity index (χ0v) is 20.4. The summed E-state index contributed by atoms with van der Waals surface area (Å²) in [7, 11) is 1.48. The predicted molar refractivity (Wildman–Crippen MR) is 136 cm³/mol. The predicted octanol–water partition coefficient (Wildman–Crippen LogP) is 5.40. The summed E-state index contributed by atoms with van der Waals surface area (Å²) in [6.45, 7) is 1.70. The Hall–Kier alpha value is -4.11. The van der Waals surface area contributed by atoms with Gasteiger partial charge in [0.1, 0.15) is 19.0 Å². The van der Waals surface area contributed by atoms with Crippen molar-refractivity contribution in [3.8, 4) is 11.5 Å². The van der Waals surface area contributed by atoms with E-state index < -0.39 is 17.1 Å². The average molecular weight is 507 g/mol. The molecule has 0 unspecified atom stereocenters. The minimum Gasteiger partial charge on any atom is -0.493 e. The standard InChI is InChI=1S/C27H23FN2O5S/c1-17-6-9-21(10-7-17)29-25(31)15-30-26(32)24(36-27(30)33)14-18-8-11-22(23(13-18)34-2)35-16-19-4-3-5-20(28)12-19/h3-14H,15-16H2,1-2H3,(H,29,31)/b24-14+. The monoisotopic (exact) mass is 506 g/mol. The fraction of sp³-hybridized carbons (Fsp3) is 0.148. The highest BCUT2D eigenvalue weighted by Gasteiger charge is 2.36. The van der Waals surface area contributed by atoms with Crippen LogP contribution in [-0.4, -0.2) is 35.6 Å². The van der Waals surface area contributed by atoms with E-state index in [-0.39, 0.29) is 23.9 Å². The second-order valence-corrected chi connectivity index (χ2v) is 9.00. The molecule has 0 bridgehead atoms. The summed E-state index contributed by atoms with van der Waals surface area (Å²) in [5, 5.41) is 2.16. The normalized spacial score (nSPS) is 14.3. The van der Waals surface area contributed by atoms with Gasteiger partial charge in [-0.25, -0.2) is 4.39 Å². The lowest BCUT2D eigenvalue weighted by Crippen LogP contribution is -2.36. The molecule has 0 radical (unpaired) electrons. The fourth-order valence-electron chi connectivity index (χ4n) is 3.45. The first-order valence-corrected chi connectivity index (χ1v) is 11.8. The summed E-state index contributed by atoms with van der Waals surface area (Å²) in [5.41, 5.74) is 2.91. The topological polar surface area (TPSA) is 84.9 Å². The number of carbonyl (C=O) groups excluding carboxylic acids is 3. The number of methoxy groups -OCH3 is 1. The van der Waals surface area contributed by atoms with Crippen molar-refractivity contribution < 1.29 is 28.2 Å². The number of imide groups is 1. The Labute approximate surface area is 211 Å². The van der Waals surface area contributed by atoms with Crippen molar-refractivity contribution in [3.05, 3.63) is 94.1 Å². The van der Waals surface area contributed by atoms with Crippen molar-refractivity contribution in [1.29, 1.82) is 0 Å². The van der Waals surface area contributed by atoms with Crippen molar-refractivity contribution in [2.24, 2.45) is 0 Å². The van der Waals surface area contributed by atoms with Crippen LogP contribution in [0.15, 0.2) is 71.6 Å². The molecule has 184 valence electrons. The van der Waals surface area contributed by atoms with Gasteiger partial charge in [0.25, 0.3) is 11.1 Å². The van der Waals surface area contributed by atoms with Crippen molar-refractivity contribution in [2.75, 3.05) is 19.0 Å². The van der Waals surface area contributed by atoms with Gasteiger partial charge < -0.3 is 14.8 Å². The fourth-order valence-corrected chi connectivity index (χ4v) is 4.29. The van der Waals surface area contributed by atoms with E-state index in [0.717, 1.165) is 22.2 Å². The molecule has 0 saturated carbocycles. The van der Waals surface area contributed by atoms with Gasteiger partial charge in [0, 0.05) is 5.69 Å². The summed E-state index contributed by atoms with van der Waals surface area (Å²) >= 11 is 0.764. The Kier molecular flexibility index (Phi) is 7.70. The number of rotatable bonds is 8. The van der Waals surface area contributed by atoms with Crippen molar-refractivity contribution >= 4 is 40.6 Å². The van der Waals surface area contributed by atoms with E-state index in [2.05, 4.69) is 5.32 Å². The maximum absolute atomic E-state index is 13.4. The number of nitrogens with zero attached hydrogens (tertiary/aromatic N) is 1. The van der Waals surface area contributed by atoms with E-state index >= 15 is 0 Å². The number of hydrogen-bond acceptors (Lipinski definition) is 6. The van der Waals surface area contributed by atoms with Crippen molar-refractivity contribution in [1.82, 2.24) is 4.90 Å². The van der Waals surface area contributed by atoms with Gasteiger partial charge in [-0.05, 0) is 72.3 Å². The second kappa shape index (κ2) is 11.1. The molecule has 3 amide bonds. The van der Waals surface area contributed by atoms with E-state index in [9.17, 15) is 18.8 Å². The van der Waals surface area contributed by atoms with E-state index in [4.69, 9.17) is 9.47 Å². The van der Waals surface area contributed by atoms with Crippen LogP contribution in [0.4, 0.5) is 14.9 Å². The van der Waals surface area contributed by atoms with Crippen LogP contribution in [0.2, 0.25) is 0 Å². The molecule has 7 nitrogen and oxygen atoms in total. The first-order valence-electron chi connectivity index (χ1n) is 11.0. The number of nitrogens with one attached hydrogen (secondary N) is 1. The van der Waals surface area contributed by atoms with E-state index in [1.54, 1.807) is 48.5 Å². The van der Waals surface area contributed by atoms with Crippen molar-refractivity contribution in [3.63, 3.8) is 0 Å². The number of carbonyl (C=O) groups is 3. The molecular weight excluding hydrogens is 483 g/mol.